The third-order valence-corrected chi connectivity index (χ3v) is 5.51. The van der Waals surface area contributed by atoms with Crippen molar-refractivity contribution in [2.75, 3.05) is 46.6 Å². The Balaban J connectivity index is 1.42. The summed E-state index contributed by atoms with van der Waals surface area (Å²) in [6.45, 7) is 5.41. The van der Waals surface area contributed by atoms with E-state index in [0.29, 0.717) is 12.5 Å². The largest absolute Gasteiger partial charge is 0.497 e. The molecule has 4 rings (SSSR count). The van der Waals surface area contributed by atoms with E-state index in [2.05, 4.69) is 4.90 Å². The lowest BCUT2D eigenvalue weighted by molar-refractivity contribution is -0.153. The van der Waals surface area contributed by atoms with Crippen molar-refractivity contribution in [2.24, 2.45) is 5.92 Å². The third-order valence-electron chi connectivity index (χ3n) is 5.51. The van der Waals surface area contributed by atoms with Crippen molar-refractivity contribution in [3.05, 3.63) is 29.8 Å². The highest BCUT2D eigenvalue weighted by Crippen LogP contribution is 2.27. The van der Waals surface area contributed by atoms with E-state index in [1.54, 1.807) is 7.11 Å². The molecule has 3 atom stereocenters. The van der Waals surface area contributed by atoms with Gasteiger partial charge in [-0.25, -0.2) is 0 Å². The first-order valence-electron chi connectivity index (χ1n) is 9.07. The summed E-state index contributed by atoms with van der Waals surface area (Å²) >= 11 is 0. The Hall–Kier alpha value is -1.63. The highest BCUT2D eigenvalue weighted by atomic mass is 16.5. The molecular formula is C19H26N2O4. The van der Waals surface area contributed by atoms with Gasteiger partial charge in [-0.3, -0.25) is 9.69 Å². The Morgan fingerprint density at radius 1 is 1.24 bits per heavy atom. The number of fused-ring (bicyclic) bond motifs is 1. The lowest BCUT2D eigenvalue weighted by atomic mass is 10.1. The number of benzene rings is 1. The number of hydrogen-bond acceptors (Lipinski definition) is 5. The summed E-state index contributed by atoms with van der Waals surface area (Å²) in [6, 6.07) is 8.08. The maximum Gasteiger partial charge on any atom is 0.249 e. The van der Waals surface area contributed by atoms with Gasteiger partial charge >= 0.3 is 0 Å². The molecule has 1 aromatic rings. The van der Waals surface area contributed by atoms with Gasteiger partial charge in [-0.2, -0.15) is 0 Å². The van der Waals surface area contributed by atoms with Crippen molar-refractivity contribution in [3.8, 4) is 5.75 Å². The number of carbonyl (C=O) groups is 1. The van der Waals surface area contributed by atoms with Crippen LogP contribution in [0.2, 0.25) is 0 Å². The lowest BCUT2D eigenvalue weighted by Crippen LogP contribution is -2.53. The second-order valence-corrected chi connectivity index (χ2v) is 7.23. The molecule has 3 saturated heterocycles. The number of nitrogens with zero attached hydrogens (tertiary/aromatic N) is 2. The average Bonchev–Trinajstić information content (AvgIpc) is 3.28. The number of amides is 1. The van der Waals surface area contributed by atoms with Crippen molar-refractivity contribution in [2.45, 2.75) is 25.1 Å². The first-order chi connectivity index (χ1) is 12.2. The van der Waals surface area contributed by atoms with E-state index in [4.69, 9.17) is 14.2 Å². The maximum absolute atomic E-state index is 12.5. The summed E-state index contributed by atoms with van der Waals surface area (Å²) in [7, 11) is 1.66. The van der Waals surface area contributed by atoms with E-state index in [0.717, 1.165) is 50.6 Å². The number of likely N-dealkylation sites (tertiary alicyclic amines) is 1. The van der Waals surface area contributed by atoms with E-state index in [1.165, 1.54) is 0 Å². The van der Waals surface area contributed by atoms with Crippen molar-refractivity contribution in [1.29, 1.82) is 0 Å². The smallest absolute Gasteiger partial charge is 0.249 e. The van der Waals surface area contributed by atoms with Crippen molar-refractivity contribution in [1.82, 2.24) is 9.80 Å². The van der Waals surface area contributed by atoms with Crippen LogP contribution < -0.4 is 4.74 Å². The predicted molar refractivity (Wildman–Crippen MR) is 92.4 cm³/mol. The molecule has 3 fully saturated rings. The summed E-state index contributed by atoms with van der Waals surface area (Å²) in [6.07, 6.45) is 1.26. The van der Waals surface area contributed by atoms with Gasteiger partial charge in [-0.05, 0) is 30.0 Å². The normalized spacial score (nSPS) is 29.9. The summed E-state index contributed by atoms with van der Waals surface area (Å²) in [4.78, 5) is 16.9. The van der Waals surface area contributed by atoms with Crippen LogP contribution in [0.1, 0.15) is 12.0 Å². The van der Waals surface area contributed by atoms with Gasteiger partial charge in [0.25, 0.3) is 0 Å². The Labute approximate surface area is 148 Å². The molecular weight excluding hydrogens is 320 g/mol. The molecule has 1 aromatic carbocycles. The highest BCUT2D eigenvalue weighted by molar-refractivity contribution is 5.78. The molecule has 25 heavy (non-hydrogen) atoms. The number of morpholine rings is 1. The van der Waals surface area contributed by atoms with Crippen LogP contribution in [-0.2, 0) is 20.8 Å². The van der Waals surface area contributed by atoms with Crippen LogP contribution in [0.15, 0.2) is 24.3 Å². The van der Waals surface area contributed by atoms with Gasteiger partial charge in [-0.1, -0.05) is 12.1 Å². The molecule has 136 valence electrons. The fraction of sp³-hybridized carbons (Fsp3) is 0.632. The molecule has 6 nitrogen and oxygen atoms in total. The van der Waals surface area contributed by atoms with Gasteiger partial charge in [0.15, 0.2) is 0 Å². The van der Waals surface area contributed by atoms with Crippen LogP contribution in [0.4, 0.5) is 0 Å². The Morgan fingerprint density at radius 2 is 2.08 bits per heavy atom. The molecule has 0 spiro atoms. The molecule has 3 aliphatic rings. The zero-order valence-electron chi connectivity index (χ0n) is 14.7. The van der Waals surface area contributed by atoms with Crippen LogP contribution in [0, 0.1) is 5.92 Å². The molecule has 1 amide bonds. The van der Waals surface area contributed by atoms with Crippen LogP contribution in [0.3, 0.4) is 0 Å². The molecule has 3 aliphatic heterocycles. The maximum atomic E-state index is 12.5. The van der Waals surface area contributed by atoms with Crippen molar-refractivity contribution < 1.29 is 19.0 Å². The zero-order valence-corrected chi connectivity index (χ0v) is 14.7. The molecule has 0 saturated carbocycles. The quantitative estimate of drug-likeness (QED) is 0.800. The number of methoxy groups -OCH3 is 1. The summed E-state index contributed by atoms with van der Waals surface area (Å²) < 4.78 is 16.5. The number of carbonyl (C=O) groups excluding carboxylic acids is 1. The molecule has 0 aliphatic carbocycles. The lowest BCUT2D eigenvalue weighted by Gasteiger charge is -2.36. The number of rotatable bonds is 5. The monoisotopic (exact) mass is 346 g/mol. The van der Waals surface area contributed by atoms with Crippen LogP contribution in [-0.4, -0.2) is 74.4 Å². The summed E-state index contributed by atoms with van der Waals surface area (Å²) in [5.41, 5.74) is 1.12. The summed E-state index contributed by atoms with van der Waals surface area (Å²) in [5, 5.41) is 0. The van der Waals surface area contributed by atoms with Gasteiger partial charge in [0.05, 0.1) is 25.9 Å². The highest BCUT2D eigenvalue weighted by Gasteiger charge is 2.43. The van der Waals surface area contributed by atoms with E-state index in [-0.39, 0.29) is 24.7 Å². The molecule has 3 heterocycles. The van der Waals surface area contributed by atoms with Gasteiger partial charge in [0.2, 0.25) is 5.91 Å². The molecule has 0 bridgehead atoms. The van der Waals surface area contributed by atoms with Crippen molar-refractivity contribution in [3.63, 3.8) is 0 Å². The Morgan fingerprint density at radius 3 is 2.80 bits per heavy atom. The minimum absolute atomic E-state index is 0.0862. The van der Waals surface area contributed by atoms with Crippen LogP contribution >= 0.6 is 0 Å². The van der Waals surface area contributed by atoms with Gasteiger partial charge in [-0.15, -0.1) is 0 Å². The molecule has 6 heteroatoms. The van der Waals surface area contributed by atoms with E-state index in [1.807, 2.05) is 29.2 Å². The zero-order chi connectivity index (χ0) is 17.2. The van der Waals surface area contributed by atoms with E-state index >= 15 is 0 Å². The first-order valence-corrected chi connectivity index (χ1v) is 9.07. The van der Waals surface area contributed by atoms with E-state index < -0.39 is 0 Å². The topological polar surface area (TPSA) is 51.2 Å². The Kier molecular flexibility index (Phi) is 4.92. The Bertz CT molecular complexity index is 600. The fourth-order valence-electron chi connectivity index (χ4n) is 4.12. The van der Waals surface area contributed by atoms with Crippen LogP contribution in [0.5, 0.6) is 5.75 Å². The first kappa shape index (κ1) is 16.8. The molecule has 0 radical (unpaired) electrons. The minimum atomic E-state index is 0.0862. The predicted octanol–water partition coefficient (Wildman–Crippen LogP) is 1.14. The van der Waals surface area contributed by atoms with E-state index in [9.17, 15) is 4.79 Å². The minimum Gasteiger partial charge on any atom is -0.497 e. The molecule has 0 N–H and O–H groups in total. The van der Waals surface area contributed by atoms with Gasteiger partial charge in [0.1, 0.15) is 12.4 Å². The molecule has 0 aromatic heterocycles. The van der Waals surface area contributed by atoms with Gasteiger partial charge in [0, 0.05) is 32.8 Å². The van der Waals surface area contributed by atoms with Crippen molar-refractivity contribution >= 4 is 5.91 Å². The second-order valence-electron chi connectivity index (χ2n) is 7.23. The average molecular weight is 346 g/mol. The fourth-order valence-corrected chi connectivity index (χ4v) is 4.12. The standard InChI is InChI=1S/C19H26N2O4/c1-23-16-4-2-14(3-5-16)9-21-17-10-20(8-15-6-7-24-12-15)11-18(17)25-13-19(21)22/h2-5,15,17-18H,6-13H2,1H3/t15?,17-,18-/m1/s1. The second kappa shape index (κ2) is 7.32. The number of ether oxygens (including phenoxy) is 3. The van der Waals surface area contributed by atoms with Gasteiger partial charge < -0.3 is 19.1 Å². The third kappa shape index (κ3) is 3.66. The summed E-state index contributed by atoms with van der Waals surface area (Å²) in [5.74, 6) is 1.54. The SMILES string of the molecule is COc1ccc(CN2C(=O)CO[C@@H]3CN(CC4CCOC4)C[C@H]32)cc1. The van der Waals surface area contributed by atoms with Crippen LogP contribution in [0.25, 0.3) is 0 Å². The number of hydrogen-bond donors (Lipinski definition) is 0. The molecule has 1 unspecified atom stereocenters.